The Morgan fingerprint density at radius 3 is 2.21 bits per heavy atom. The number of benzene rings is 2. The first kappa shape index (κ1) is 13.7. The quantitative estimate of drug-likeness (QED) is 0.934. The van der Waals surface area contributed by atoms with Crippen LogP contribution < -0.4 is 5.73 Å². The molecule has 5 heteroatoms. The van der Waals surface area contributed by atoms with E-state index in [0.29, 0.717) is 12.1 Å². The first-order valence-electron chi connectivity index (χ1n) is 5.77. The molecule has 3 nitrogen and oxygen atoms in total. The number of hydrogen-bond acceptors (Lipinski definition) is 3. The molecule has 2 aromatic carbocycles. The Labute approximate surface area is 111 Å². The van der Waals surface area contributed by atoms with Gasteiger partial charge in [-0.3, -0.25) is 0 Å². The summed E-state index contributed by atoms with van der Waals surface area (Å²) in [5.41, 5.74) is 7.07. The molecule has 0 atom stereocenters. The summed E-state index contributed by atoms with van der Waals surface area (Å²) in [6.45, 7) is 0.414. The van der Waals surface area contributed by atoms with Crippen molar-refractivity contribution < 1.29 is 12.8 Å². The van der Waals surface area contributed by atoms with Crippen molar-refractivity contribution >= 4 is 9.84 Å². The van der Waals surface area contributed by atoms with Crippen LogP contribution in [0.4, 0.5) is 4.39 Å². The maximum atomic E-state index is 13.1. The van der Waals surface area contributed by atoms with Crippen molar-refractivity contribution in [2.24, 2.45) is 5.73 Å². The van der Waals surface area contributed by atoms with Gasteiger partial charge in [-0.15, -0.1) is 0 Å². The van der Waals surface area contributed by atoms with Crippen molar-refractivity contribution in [3.05, 3.63) is 65.5 Å². The molecule has 0 amide bonds. The van der Waals surface area contributed by atoms with Crippen LogP contribution in [0.25, 0.3) is 0 Å². The van der Waals surface area contributed by atoms with Gasteiger partial charge in [0.25, 0.3) is 0 Å². The molecule has 0 aliphatic heterocycles. The van der Waals surface area contributed by atoms with Gasteiger partial charge in [0.15, 0.2) is 9.84 Å². The van der Waals surface area contributed by atoms with Crippen LogP contribution in [0, 0.1) is 5.82 Å². The molecular weight excluding hydrogens is 265 g/mol. The largest absolute Gasteiger partial charge is 0.326 e. The third-order valence-corrected chi connectivity index (χ3v) is 4.46. The highest BCUT2D eigenvalue weighted by Gasteiger charge is 2.15. The van der Waals surface area contributed by atoms with Gasteiger partial charge in [0.1, 0.15) is 5.82 Å². The van der Waals surface area contributed by atoms with E-state index in [4.69, 9.17) is 5.73 Å². The second-order valence-electron chi connectivity index (χ2n) is 4.24. The number of rotatable bonds is 4. The molecular formula is C14H14FNO2S. The summed E-state index contributed by atoms with van der Waals surface area (Å²) in [6, 6.07) is 12.1. The summed E-state index contributed by atoms with van der Waals surface area (Å²) in [5, 5.41) is 0. The number of nitrogens with two attached hydrogens (primary N) is 1. The van der Waals surface area contributed by atoms with Gasteiger partial charge < -0.3 is 5.73 Å². The van der Waals surface area contributed by atoms with E-state index in [2.05, 4.69) is 0 Å². The lowest BCUT2D eigenvalue weighted by Gasteiger charge is -2.05. The smallest absolute Gasteiger partial charge is 0.182 e. The normalized spacial score (nSPS) is 11.5. The molecule has 100 valence electrons. The molecule has 0 aliphatic carbocycles. The molecule has 0 saturated heterocycles. The molecule has 2 rings (SSSR count). The van der Waals surface area contributed by atoms with Gasteiger partial charge in [0, 0.05) is 6.54 Å². The molecule has 0 fully saturated rings. The van der Waals surface area contributed by atoms with Crippen LogP contribution in [0.1, 0.15) is 11.1 Å². The molecule has 0 radical (unpaired) electrons. The monoisotopic (exact) mass is 279 g/mol. The van der Waals surface area contributed by atoms with Gasteiger partial charge in [-0.2, -0.15) is 0 Å². The minimum atomic E-state index is -3.53. The van der Waals surface area contributed by atoms with Crippen LogP contribution in [-0.4, -0.2) is 8.42 Å². The van der Waals surface area contributed by atoms with Gasteiger partial charge in [-0.25, -0.2) is 12.8 Å². The predicted octanol–water partition coefficient (Wildman–Crippen LogP) is 2.26. The van der Waals surface area contributed by atoms with E-state index in [9.17, 15) is 12.8 Å². The van der Waals surface area contributed by atoms with Gasteiger partial charge in [0.05, 0.1) is 10.6 Å². The zero-order chi connectivity index (χ0) is 13.9. The fourth-order valence-corrected chi connectivity index (χ4v) is 3.11. The number of halogens is 1. The first-order valence-corrected chi connectivity index (χ1v) is 7.43. The van der Waals surface area contributed by atoms with Crippen LogP contribution in [0.3, 0.4) is 0 Å². The van der Waals surface area contributed by atoms with Gasteiger partial charge >= 0.3 is 0 Å². The van der Waals surface area contributed by atoms with E-state index in [1.54, 1.807) is 24.3 Å². The van der Waals surface area contributed by atoms with E-state index in [-0.39, 0.29) is 10.6 Å². The Kier molecular flexibility index (Phi) is 3.97. The minimum Gasteiger partial charge on any atom is -0.326 e. The fourth-order valence-electron chi connectivity index (χ4n) is 1.73. The van der Waals surface area contributed by atoms with Gasteiger partial charge in [0.2, 0.25) is 0 Å². The van der Waals surface area contributed by atoms with E-state index in [1.165, 1.54) is 18.2 Å². The van der Waals surface area contributed by atoms with Crippen LogP contribution >= 0.6 is 0 Å². The molecule has 0 spiro atoms. The maximum Gasteiger partial charge on any atom is 0.182 e. The Morgan fingerprint density at radius 1 is 1.00 bits per heavy atom. The van der Waals surface area contributed by atoms with Crippen molar-refractivity contribution in [3.63, 3.8) is 0 Å². The molecule has 0 aliphatic rings. The van der Waals surface area contributed by atoms with Crippen molar-refractivity contribution in [1.29, 1.82) is 0 Å². The van der Waals surface area contributed by atoms with Gasteiger partial charge in [-0.05, 0) is 29.3 Å². The van der Waals surface area contributed by atoms with E-state index >= 15 is 0 Å². The SMILES string of the molecule is NCc1ccc(CS(=O)(=O)c2cccc(F)c2)cc1. The van der Waals surface area contributed by atoms with Crippen LogP contribution in [-0.2, 0) is 22.1 Å². The molecule has 19 heavy (non-hydrogen) atoms. The summed E-state index contributed by atoms with van der Waals surface area (Å²) in [5.74, 6) is -0.707. The molecule has 0 unspecified atom stereocenters. The standard InChI is InChI=1S/C14H14FNO2S/c15-13-2-1-3-14(8-13)19(17,18)10-12-6-4-11(9-16)5-7-12/h1-8H,9-10,16H2. The summed E-state index contributed by atoms with van der Waals surface area (Å²) in [6.07, 6.45) is 0. The molecule has 0 bridgehead atoms. The highest BCUT2D eigenvalue weighted by molar-refractivity contribution is 7.90. The molecule has 2 N–H and O–H groups in total. The van der Waals surface area contributed by atoms with Crippen molar-refractivity contribution in [2.75, 3.05) is 0 Å². The first-order chi connectivity index (χ1) is 9.01. The maximum absolute atomic E-state index is 13.1. The second kappa shape index (κ2) is 5.50. The van der Waals surface area contributed by atoms with Crippen molar-refractivity contribution in [2.45, 2.75) is 17.2 Å². The summed E-state index contributed by atoms with van der Waals surface area (Å²) >= 11 is 0. The third kappa shape index (κ3) is 3.39. The number of sulfone groups is 1. The van der Waals surface area contributed by atoms with Crippen LogP contribution in [0.15, 0.2) is 53.4 Å². The van der Waals surface area contributed by atoms with Crippen molar-refractivity contribution in [3.8, 4) is 0 Å². The zero-order valence-corrected chi connectivity index (χ0v) is 11.0. The predicted molar refractivity (Wildman–Crippen MR) is 71.6 cm³/mol. The lowest BCUT2D eigenvalue weighted by Crippen LogP contribution is -2.05. The molecule has 2 aromatic rings. The van der Waals surface area contributed by atoms with Crippen LogP contribution in [0.5, 0.6) is 0 Å². The average molecular weight is 279 g/mol. The Bertz CT molecular complexity index is 666. The third-order valence-electron chi connectivity index (χ3n) is 2.77. The average Bonchev–Trinajstić information content (AvgIpc) is 2.39. The zero-order valence-electron chi connectivity index (χ0n) is 10.2. The molecule has 0 heterocycles. The van der Waals surface area contributed by atoms with Crippen molar-refractivity contribution in [1.82, 2.24) is 0 Å². The highest BCUT2D eigenvalue weighted by atomic mass is 32.2. The second-order valence-corrected chi connectivity index (χ2v) is 6.23. The summed E-state index contributed by atoms with van der Waals surface area (Å²) < 4.78 is 37.3. The number of hydrogen-bond donors (Lipinski definition) is 1. The molecule has 0 saturated carbocycles. The lowest BCUT2D eigenvalue weighted by atomic mass is 10.1. The van der Waals surface area contributed by atoms with Crippen LogP contribution in [0.2, 0.25) is 0 Å². The van der Waals surface area contributed by atoms with E-state index < -0.39 is 15.7 Å². The van der Waals surface area contributed by atoms with Gasteiger partial charge in [-0.1, -0.05) is 30.3 Å². The Balaban J connectivity index is 2.25. The summed E-state index contributed by atoms with van der Waals surface area (Å²) in [7, 11) is -3.53. The summed E-state index contributed by atoms with van der Waals surface area (Å²) in [4.78, 5) is -0.00426. The highest BCUT2D eigenvalue weighted by Crippen LogP contribution is 2.17. The topological polar surface area (TPSA) is 60.2 Å². The molecule has 0 aromatic heterocycles. The fraction of sp³-hybridized carbons (Fsp3) is 0.143. The lowest BCUT2D eigenvalue weighted by molar-refractivity contribution is 0.590. The Hall–Kier alpha value is -1.72. The van der Waals surface area contributed by atoms with E-state index in [0.717, 1.165) is 11.6 Å². The minimum absolute atomic E-state index is 0.00426. The Morgan fingerprint density at radius 2 is 1.63 bits per heavy atom. The van der Waals surface area contributed by atoms with E-state index in [1.807, 2.05) is 0 Å².